The highest BCUT2D eigenvalue weighted by molar-refractivity contribution is 6.31. The number of nitrogen functional groups attached to an aromatic ring is 1. The average Bonchev–Trinajstić information content (AvgIpc) is 2.87. The van der Waals surface area contributed by atoms with Gasteiger partial charge in [-0.25, -0.2) is 0 Å². The lowest BCUT2D eigenvalue weighted by Crippen LogP contribution is -2.20. The number of nitrogens with two attached hydrogens (primary N) is 1. The third-order valence-electron chi connectivity index (χ3n) is 4.31. The van der Waals surface area contributed by atoms with Gasteiger partial charge < -0.3 is 10.3 Å². The predicted molar refractivity (Wildman–Crippen MR) is 84.1 cm³/mol. The molecule has 4 nitrogen and oxygen atoms in total. The average molecular weight is 306 g/mol. The summed E-state index contributed by atoms with van der Waals surface area (Å²) in [5.41, 5.74) is 7.60. The highest BCUT2D eigenvalue weighted by Crippen LogP contribution is 2.41. The van der Waals surface area contributed by atoms with E-state index in [-0.39, 0.29) is 0 Å². The molecular weight excluding hydrogens is 286 g/mol. The molecule has 0 saturated heterocycles. The fourth-order valence-corrected chi connectivity index (χ4v) is 3.15. The molecule has 5 heteroatoms. The van der Waals surface area contributed by atoms with Crippen LogP contribution in [0.1, 0.15) is 51.3 Å². The smallest absolute Gasteiger partial charge is 0.258 e. The largest absolute Gasteiger partial charge is 0.399 e. The fourth-order valence-electron chi connectivity index (χ4n) is 2.91. The second kappa shape index (κ2) is 5.34. The van der Waals surface area contributed by atoms with Gasteiger partial charge in [-0.2, -0.15) is 4.98 Å². The monoisotopic (exact) mass is 305 g/mol. The standard InChI is InChI=1S/C16H20ClN3O/c1-16(2)5-3-10(4-6-16)14-19-15(21-20-14)11-7-12(17)9-13(18)8-11/h7-10H,3-6,18H2,1-2H3. The van der Waals surface area contributed by atoms with E-state index in [0.717, 1.165) is 24.2 Å². The van der Waals surface area contributed by atoms with Gasteiger partial charge in [-0.3, -0.25) is 0 Å². The summed E-state index contributed by atoms with van der Waals surface area (Å²) < 4.78 is 5.39. The molecule has 1 heterocycles. The molecule has 0 radical (unpaired) electrons. The summed E-state index contributed by atoms with van der Waals surface area (Å²) in [6.07, 6.45) is 4.63. The number of hydrogen-bond donors (Lipinski definition) is 1. The summed E-state index contributed by atoms with van der Waals surface area (Å²) in [5.74, 6) is 1.69. The SMILES string of the molecule is CC1(C)CCC(c2noc(-c3cc(N)cc(Cl)c3)n2)CC1. The van der Waals surface area contributed by atoms with E-state index >= 15 is 0 Å². The summed E-state index contributed by atoms with van der Waals surface area (Å²) in [5, 5.41) is 4.73. The molecule has 0 aliphatic heterocycles. The quantitative estimate of drug-likeness (QED) is 0.820. The first-order chi connectivity index (χ1) is 9.93. The lowest BCUT2D eigenvalue weighted by molar-refractivity contribution is 0.218. The van der Waals surface area contributed by atoms with E-state index in [1.165, 1.54) is 12.8 Å². The second-order valence-corrected chi connectivity index (χ2v) is 7.11. The van der Waals surface area contributed by atoms with E-state index < -0.39 is 0 Å². The first-order valence-electron chi connectivity index (χ1n) is 7.33. The minimum absolute atomic E-state index is 0.395. The summed E-state index contributed by atoms with van der Waals surface area (Å²) >= 11 is 6.02. The van der Waals surface area contributed by atoms with Crippen molar-refractivity contribution in [3.8, 4) is 11.5 Å². The third-order valence-corrected chi connectivity index (χ3v) is 4.53. The molecule has 0 atom stereocenters. The van der Waals surface area contributed by atoms with Crippen LogP contribution in [0.2, 0.25) is 5.02 Å². The summed E-state index contributed by atoms with van der Waals surface area (Å²) in [7, 11) is 0. The molecule has 1 aliphatic rings. The molecule has 0 amide bonds. The van der Waals surface area contributed by atoms with Gasteiger partial charge in [0.2, 0.25) is 0 Å². The van der Waals surface area contributed by atoms with Crippen LogP contribution in [-0.2, 0) is 0 Å². The van der Waals surface area contributed by atoms with Crippen molar-refractivity contribution < 1.29 is 4.52 Å². The highest BCUT2D eigenvalue weighted by Gasteiger charge is 2.30. The van der Waals surface area contributed by atoms with Gasteiger partial charge >= 0.3 is 0 Å². The van der Waals surface area contributed by atoms with Gasteiger partial charge in [0.1, 0.15) is 0 Å². The van der Waals surface area contributed by atoms with Crippen LogP contribution in [0.5, 0.6) is 0 Å². The Morgan fingerprint density at radius 3 is 2.62 bits per heavy atom. The van der Waals surface area contributed by atoms with Crippen molar-refractivity contribution in [3.63, 3.8) is 0 Å². The Morgan fingerprint density at radius 2 is 1.95 bits per heavy atom. The van der Waals surface area contributed by atoms with E-state index in [2.05, 4.69) is 24.0 Å². The van der Waals surface area contributed by atoms with Crippen LogP contribution < -0.4 is 5.73 Å². The molecule has 1 aliphatic carbocycles. The number of anilines is 1. The first kappa shape index (κ1) is 14.4. The number of rotatable bonds is 2. The highest BCUT2D eigenvalue weighted by atomic mass is 35.5. The van der Waals surface area contributed by atoms with Gasteiger partial charge in [0, 0.05) is 22.2 Å². The molecule has 1 aromatic carbocycles. The maximum Gasteiger partial charge on any atom is 0.258 e. The van der Waals surface area contributed by atoms with Crippen molar-refractivity contribution in [2.45, 2.75) is 45.4 Å². The Kier molecular flexibility index (Phi) is 3.66. The van der Waals surface area contributed by atoms with Crippen molar-refractivity contribution in [2.24, 2.45) is 5.41 Å². The van der Waals surface area contributed by atoms with Crippen LogP contribution in [-0.4, -0.2) is 10.1 Å². The first-order valence-corrected chi connectivity index (χ1v) is 7.71. The van der Waals surface area contributed by atoms with Crippen molar-refractivity contribution in [3.05, 3.63) is 29.0 Å². The molecule has 0 spiro atoms. The lowest BCUT2D eigenvalue weighted by atomic mass is 9.73. The van der Waals surface area contributed by atoms with Crippen LogP contribution in [0.3, 0.4) is 0 Å². The molecule has 0 unspecified atom stereocenters. The molecule has 2 N–H and O–H groups in total. The topological polar surface area (TPSA) is 64.9 Å². The van der Waals surface area contributed by atoms with Crippen molar-refractivity contribution in [1.82, 2.24) is 10.1 Å². The number of nitrogens with zero attached hydrogens (tertiary/aromatic N) is 2. The van der Waals surface area contributed by atoms with Crippen molar-refractivity contribution in [2.75, 3.05) is 5.73 Å². The zero-order valence-corrected chi connectivity index (χ0v) is 13.2. The Morgan fingerprint density at radius 1 is 1.24 bits per heavy atom. The van der Waals surface area contributed by atoms with Gasteiger partial charge in [-0.05, 0) is 49.3 Å². The van der Waals surface area contributed by atoms with Gasteiger partial charge in [0.25, 0.3) is 5.89 Å². The molecule has 21 heavy (non-hydrogen) atoms. The van der Waals surface area contributed by atoms with Crippen molar-refractivity contribution >= 4 is 17.3 Å². The van der Waals surface area contributed by atoms with Crippen LogP contribution in [0, 0.1) is 5.41 Å². The molecule has 0 bridgehead atoms. The van der Waals surface area contributed by atoms with Gasteiger partial charge in [0.15, 0.2) is 5.82 Å². The zero-order valence-electron chi connectivity index (χ0n) is 12.4. The Bertz CT molecular complexity index is 620. The van der Waals surface area contributed by atoms with Crippen LogP contribution in [0.25, 0.3) is 11.5 Å². The van der Waals surface area contributed by atoms with Gasteiger partial charge in [0.05, 0.1) is 0 Å². The summed E-state index contributed by atoms with van der Waals surface area (Å²) in [6.45, 7) is 4.64. The second-order valence-electron chi connectivity index (χ2n) is 6.67. The molecule has 2 aromatic rings. The Balaban J connectivity index is 1.80. The maximum atomic E-state index is 6.02. The number of aromatic nitrogens is 2. The molecule has 1 fully saturated rings. The van der Waals surface area contributed by atoms with Gasteiger partial charge in [-0.1, -0.05) is 30.6 Å². The summed E-state index contributed by atoms with van der Waals surface area (Å²) in [4.78, 5) is 4.54. The molecular formula is C16H20ClN3O. The molecule has 1 saturated carbocycles. The maximum absolute atomic E-state index is 6.02. The molecule has 112 valence electrons. The van der Waals surface area contributed by atoms with E-state index in [9.17, 15) is 0 Å². The number of halogens is 1. The lowest BCUT2D eigenvalue weighted by Gasteiger charge is -2.32. The van der Waals surface area contributed by atoms with E-state index in [4.69, 9.17) is 21.9 Å². The molecule has 3 rings (SSSR count). The van der Waals surface area contributed by atoms with Gasteiger partial charge in [-0.15, -0.1) is 0 Å². The minimum atomic E-state index is 0.395. The fraction of sp³-hybridized carbons (Fsp3) is 0.500. The normalized spacial score (nSPS) is 18.8. The number of hydrogen-bond acceptors (Lipinski definition) is 4. The molecule has 1 aromatic heterocycles. The Labute approximate surface area is 129 Å². The number of benzene rings is 1. The van der Waals surface area contributed by atoms with E-state index in [0.29, 0.717) is 27.9 Å². The third kappa shape index (κ3) is 3.21. The predicted octanol–water partition coefficient (Wildman–Crippen LogP) is 4.66. The van der Waals surface area contributed by atoms with Crippen LogP contribution >= 0.6 is 11.6 Å². The summed E-state index contributed by atoms with van der Waals surface area (Å²) in [6, 6.07) is 5.29. The van der Waals surface area contributed by atoms with E-state index in [1.54, 1.807) is 18.2 Å². The van der Waals surface area contributed by atoms with Crippen LogP contribution in [0.15, 0.2) is 22.7 Å². The minimum Gasteiger partial charge on any atom is -0.399 e. The van der Waals surface area contributed by atoms with Crippen LogP contribution in [0.4, 0.5) is 5.69 Å². The Hall–Kier alpha value is -1.55. The van der Waals surface area contributed by atoms with E-state index in [1.807, 2.05) is 0 Å². The zero-order chi connectivity index (χ0) is 15.0. The van der Waals surface area contributed by atoms with Crippen molar-refractivity contribution in [1.29, 1.82) is 0 Å².